The highest BCUT2D eigenvalue weighted by atomic mass is 35.5. The molecule has 1 atom stereocenters. The molecule has 1 N–H and O–H groups in total. The lowest BCUT2D eigenvalue weighted by atomic mass is 10.1. The number of rotatable bonds is 6. The van der Waals surface area contributed by atoms with Gasteiger partial charge >= 0.3 is 0 Å². The normalized spacial score (nSPS) is 12.4. The van der Waals surface area contributed by atoms with Crippen LogP contribution in [0.25, 0.3) is 0 Å². The Morgan fingerprint density at radius 1 is 1.37 bits per heavy atom. The second kappa shape index (κ2) is 6.94. The zero-order valence-corrected chi connectivity index (χ0v) is 12.7. The Labute approximate surface area is 123 Å². The van der Waals surface area contributed by atoms with Crippen molar-refractivity contribution in [3.63, 3.8) is 0 Å². The van der Waals surface area contributed by atoms with Crippen LogP contribution in [0, 0.1) is 0 Å². The van der Waals surface area contributed by atoms with Gasteiger partial charge in [-0.25, -0.2) is 0 Å². The zero-order valence-electron chi connectivity index (χ0n) is 11.2. The molecule has 2 nitrogen and oxygen atoms in total. The Bertz CT molecular complexity index is 513. The molecule has 0 saturated carbocycles. The molecule has 0 saturated heterocycles. The van der Waals surface area contributed by atoms with Crippen molar-refractivity contribution in [3.05, 3.63) is 51.2 Å². The standard InChI is InChI=1S/C15H18ClNOS/c1-11(17-2)13-3-4-15(14(16)9-13)18-7-5-12-6-8-19-10-12/h3-4,6,8-11,17H,5,7H2,1-2H3. The lowest BCUT2D eigenvalue weighted by molar-refractivity contribution is 0.322. The third-order valence-electron chi connectivity index (χ3n) is 3.12. The molecule has 0 fully saturated rings. The van der Waals surface area contributed by atoms with Gasteiger partial charge in [0.05, 0.1) is 11.6 Å². The van der Waals surface area contributed by atoms with E-state index in [-0.39, 0.29) is 6.04 Å². The first-order valence-corrected chi connectivity index (χ1v) is 7.63. The van der Waals surface area contributed by atoms with Gasteiger partial charge in [0.1, 0.15) is 5.75 Å². The van der Waals surface area contributed by atoms with Crippen molar-refractivity contribution in [2.45, 2.75) is 19.4 Å². The minimum absolute atomic E-state index is 0.289. The van der Waals surface area contributed by atoms with Crippen LogP contribution in [0.5, 0.6) is 5.75 Å². The Morgan fingerprint density at radius 3 is 2.84 bits per heavy atom. The third-order valence-corrected chi connectivity index (χ3v) is 4.14. The van der Waals surface area contributed by atoms with Crippen LogP contribution in [0.1, 0.15) is 24.1 Å². The second-order valence-corrected chi connectivity index (χ2v) is 5.62. The van der Waals surface area contributed by atoms with E-state index < -0.39 is 0 Å². The van der Waals surface area contributed by atoms with E-state index >= 15 is 0 Å². The van der Waals surface area contributed by atoms with Gasteiger partial charge in [-0.3, -0.25) is 0 Å². The smallest absolute Gasteiger partial charge is 0.137 e. The van der Waals surface area contributed by atoms with Gasteiger partial charge in [0.25, 0.3) is 0 Å². The molecular weight excluding hydrogens is 278 g/mol. The van der Waals surface area contributed by atoms with Crippen molar-refractivity contribution >= 4 is 22.9 Å². The van der Waals surface area contributed by atoms with Crippen LogP contribution >= 0.6 is 22.9 Å². The average molecular weight is 296 g/mol. The molecule has 0 aliphatic heterocycles. The summed E-state index contributed by atoms with van der Waals surface area (Å²) in [5.74, 6) is 0.754. The quantitative estimate of drug-likeness (QED) is 0.858. The van der Waals surface area contributed by atoms with Crippen LogP contribution in [0.2, 0.25) is 5.02 Å². The van der Waals surface area contributed by atoms with Gasteiger partial charge < -0.3 is 10.1 Å². The maximum absolute atomic E-state index is 6.24. The first kappa shape index (κ1) is 14.4. The number of ether oxygens (including phenoxy) is 1. The summed E-state index contributed by atoms with van der Waals surface area (Å²) in [6, 6.07) is 8.36. The Balaban J connectivity index is 1.93. The fraction of sp³-hybridized carbons (Fsp3) is 0.333. The first-order valence-electron chi connectivity index (χ1n) is 6.31. The fourth-order valence-electron chi connectivity index (χ4n) is 1.78. The number of hydrogen-bond acceptors (Lipinski definition) is 3. The molecule has 102 valence electrons. The van der Waals surface area contributed by atoms with Crippen LogP contribution in [0.3, 0.4) is 0 Å². The molecule has 1 unspecified atom stereocenters. The predicted octanol–water partition coefficient (Wildman–Crippen LogP) is 4.30. The number of halogens is 1. The summed E-state index contributed by atoms with van der Waals surface area (Å²) in [6.45, 7) is 2.75. The van der Waals surface area contributed by atoms with Crippen molar-refractivity contribution < 1.29 is 4.74 Å². The Kier molecular flexibility index (Phi) is 5.25. The number of nitrogens with one attached hydrogen (secondary N) is 1. The minimum atomic E-state index is 0.289. The van der Waals surface area contributed by atoms with Crippen LogP contribution in [0.15, 0.2) is 35.0 Å². The lowest BCUT2D eigenvalue weighted by Gasteiger charge is -2.13. The lowest BCUT2D eigenvalue weighted by Crippen LogP contribution is -2.12. The molecular formula is C15H18ClNOS. The summed E-state index contributed by atoms with van der Waals surface area (Å²) in [5, 5.41) is 8.08. The van der Waals surface area contributed by atoms with E-state index in [1.165, 1.54) is 5.56 Å². The minimum Gasteiger partial charge on any atom is -0.492 e. The zero-order chi connectivity index (χ0) is 13.7. The highest BCUT2D eigenvalue weighted by molar-refractivity contribution is 7.07. The van der Waals surface area contributed by atoms with Crippen molar-refractivity contribution in [3.8, 4) is 5.75 Å². The van der Waals surface area contributed by atoms with Crippen LogP contribution < -0.4 is 10.1 Å². The molecule has 1 heterocycles. The van der Waals surface area contributed by atoms with Crippen molar-refractivity contribution in [2.75, 3.05) is 13.7 Å². The van der Waals surface area contributed by atoms with E-state index in [0.29, 0.717) is 11.6 Å². The van der Waals surface area contributed by atoms with Gasteiger partial charge in [-0.1, -0.05) is 17.7 Å². The van der Waals surface area contributed by atoms with E-state index in [2.05, 4.69) is 29.1 Å². The molecule has 2 rings (SSSR count). The number of benzene rings is 1. The molecule has 0 spiro atoms. The molecule has 0 aliphatic carbocycles. The molecule has 0 radical (unpaired) electrons. The van der Waals surface area contributed by atoms with E-state index in [1.807, 2.05) is 25.2 Å². The van der Waals surface area contributed by atoms with Gasteiger partial charge in [0, 0.05) is 12.5 Å². The number of thiophene rings is 1. The van der Waals surface area contributed by atoms with Crippen LogP contribution in [0.4, 0.5) is 0 Å². The molecule has 1 aromatic carbocycles. The topological polar surface area (TPSA) is 21.3 Å². The van der Waals surface area contributed by atoms with E-state index in [9.17, 15) is 0 Å². The van der Waals surface area contributed by atoms with Gasteiger partial charge in [-0.05, 0) is 54.1 Å². The molecule has 0 bridgehead atoms. The summed E-state index contributed by atoms with van der Waals surface area (Å²) < 4.78 is 5.73. The molecule has 19 heavy (non-hydrogen) atoms. The van der Waals surface area contributed by atoms with Crippen molar-refractivity contribution in [2.24, 2.45) is 0 Å². The molecule has 2 aromatic rings. The molecule has 1 aromatic heterocycles. The summed E-state index contributed by atoms with van der Waals surface area (Å²) in [5.41, 5.74) is 2.47. The first-order chi connectivity index (χ1) is 9.20. The maximum Gasteiger partial charge on any atom is 0.137 e. The summed E-state index contributed by atoms with van der Waals surface area (Å²) in [7, 11) is 1.93. The second-order valence-electron chi connectivity index (χ2n) is 4.43. The highest BCUT2D eigenvalue weighted by Gasteiger charge is 2.07. The summed E-state index contributed by atoms with van der Waals surface area (Å²) >= 11 is 7.95. The van der Waals surface area contributed by atoms with Gasteiger partial charge in [-0.15, -0.1) is 0 Å². The Hall–Kier alpha value is -1.03. The SMILES string of the molecule is CNC(C)c1ccc(OCCc2ccsc2)c(Cl)c1. The predicted molar refractivity (Wildman–Crippen MR) is 82.4 cm³/mol. The molecule has 0 amide bonds. The molecule has 4 heteroatoms. The van der Waals surface area contributed by atoms with Crippen LogP contribution in [-0.2, 0) is 6.42 Å². The highest BCUT2D eigenvalue weighted by Crippen LogP contribution is 2.28. The summed E-state index contributed by atoms with van der Waals surface area (Å²) in [6.07, 6.45) is 0.911. The monoisotopic (exact) mass is 295 g/mol. The van der Waals surface area contributed by atoms with E-state index in [1.54, 1.807) is 11.3 Å². The molecule has 0 aliphatic rings. The van der Waals surface area contributed by atoms with Gasteiger partial charge in [0.2, 0.25) is 0 Å². The maximum atomic E-state index is 6.24. The van der Waals surface area contributed by atoms with Crippen molar-refractivity contribution in [1.82, 2.24) is 5.32 Å². The largest absolute Gasteiger partial charge is 0.492 e. The van der Waals surface area contributed by atoms with Gasteiger partial charge in [-0.2, -0.15) is 11.3 Å². The van der Waals surface area contributed by atoms with E-state index in [4.69, 9.17) is 16.3 Å². The van der Waals surface area contributed by atoms with Crippen LogP contribution in [-0.4, -0.2) is 13.7 Å². The van der Waals surface area contributed by atoms with E-state index in [0.717, 1.165) is 17.7 Å². The third kappa shape index (κ3) is 3.96. The summed E-state index contributed by atoms with van der Waals surface area (Å²) in [4.78, 5) is 0. The average Bonchev–Trinajstić information content (AvgIpc) is 2.93. The van der Waals surface area contributed by atoms with Crippen molar-refractivity contribution in [1.29, 1.82) is 0 Å². The Morgan fingerprint density at radius 2 is 2.21 bits per heavy atom. The number of hydrogen-bond donors (Lipinski definition) is 1. The van der Waals surface area contributed by atoms with Gasteiger partial charge in [0.15, 0.2) is 0 Å². The fourth-order valence-corrected chi connectivity index (χ4v) is 2.73.